The van der Waals surface area contributed by atoms with Crippen LogP contribution < -0.4 is 0 Å². The molecule has 0 aromatic carbocycles. The van der Waals surface area contributed by atoms with Gasteiger partial charge in [-0.05, 0) is 68.9 Å². The Morgan fingerprint density at radius 1 is 0.884 bits per heavy atom. The Morgan fingerprint density at radius 3 is 1.88 bits per heavy atom. The first-order valence-electron chi connectivity index (χ1n) is 17.3. The lowest BCUT2D eigenvalue weighted by molar-refractivity contribution is -0.159. The maximum Gasteiger partial charge on any atom is 0.309 e. The first kappa shape index (κ1) is 38.3. The number of rotatable bonds is 11. The Morgan fingerprint density at radius 2 is 1.40 bits per heavy atom. The third kappa shape index (κ3) is 9.11. The van der Waals surface area contributed by atoms with Crippen LogP contribution in [-0.4, -0.2) is 64.2 Å². The second-order valence-electron chi connectivity index (χ2n) is 14.4. The van der Waals surface area contributed by atoms with Gasteiger partial charge in [0.2, 0.25) is 0 Å². The topological polar surface area (TPSA) is 91.4 Å². The van der Waals surface area contributed by atoms with Gasteiger partial charge >= 0.3 is 5.97 Å². The number of epoxide rings is 1. The standard InChI is InChI=1S/C34H64O7Si2/c1-13-42(14-2,15-3)40-28-23-30(36)38-27(26(9)35)22-29-34(12,39-29)21-19-20-24(7)31(25(8)32(37)33(28,10)11)41-43(16-4,17-5)18-6/h24-25,27-29,31H,13-23H2,1-12H3/t24-,25+,27-,28-,29-,31-,34+/m0/s1. The molecule has 0 radical (unpaired) electrons. The smallest absolute Gasteiger partial charge is 0.309 e. The molecule has 0 aromatic heterocycles. The molecule has 2 aliphatic rings. The molecule has 2 fully saturated rings. The fraction of sp³-hybridized carbons (Fsp3) is 0.912. The third-order valence-corrected chi connectivity index (χ3v) is 20.7. The van der Waals surface area contributed by atoms with E-state index in [1.54, 1.807) is 0 Å². The van der Waals surface area contributed by atoms with E-state index < -0.39 is 40.2 Å². The van der Waals surface area contributed by atoms with E-state index in [0.717, 1.165) is 55.5 Å². The van der Waals surface area contributed by atoms with E-state index in [1.165, 1.54) is 6.92 Å². The van der Waals surface area contributed by atoms with Gasteiger partial charge in [-0.1, -0.05) is 75.7 Å². The molecule has 2 heterocycles. The molecule has 0 N–H and O–H groups in total. The van der Waals surface area contributed by atoms with Crippen molar-refractivity contribution in [2.75, 3.05) is 0 Å². The minimum absolute atomic E-state index is 0.0641. The van der Waals surface area contributed by atoms with E-state index in [9.17, 15) is 14.4 Å². The molecule has 0 aromatic rings. The van der Waals surface area contributed by atoms with E-state index in [-0.39, 0.29) is 47.6 Å². The van der Waals surface area contributed by atoms with Crippen LogP contribution in [0.4, 0.5) is 0 Å². The molecular weight excluding hydrogens is 577 g/mol. The van der Waals surface area contributed by atoms with E-state index >= 15 is 0 Å². The van der Waals surface area contributed by atoms with Crippen LogP contribution in [0.1, 0.15) is 115 Å². The molecule has 0 spiro atoms. The molecule has 0 bridgehead atoms. The monoisotopic (exact) mass is 640 g/mol. The molecular formula is C34H64O7Si2. The minimum atomic E-state index is -2.21. The van der Waals surface area contributed by atoms with Crippen molar-refractivity contribution in [1.82, 2.24) is 0 Å². The van der Waals surface area contributed by atoms with Crippen molar-refractivity contribution in [3.8, 4) is 0 Å². The number of hydrogen-bond acceptors (Lipinski definition) is 7. The zero-order chi connectivity index (χ0) is 32.8. The van der Waals surface area contributed by atoms with E-state index in [0.29, 0.717) is 6.42 Å². The number of cyclic esters (lactones) is 1. The molecule has 250 valence electrons. The number of hydrogen-bond donors (Lipinski definition) is 0. The summed E-state index contributed by atoms with van der Waals surface area (Å²) in [6.45, 7) is 24.8. The van der Waals surface area contributed by atoms with Gasteiger partial charge in [-0.3, -0.25) is 14.4 Å². The normalized spacial score (nSPS) is 33.0. The summed E-state index contributed by atoms with van der Waals surface area (Å²) < 4.78 is 26.1. The summed E-state index contributed by atoms with van der Waals surface area (Å²) in [5, 5.41) is 0. The molecule has 7 atom stereocenters. The average Bonchev–Trinajstić information content (AvgIpc) is 3.62. The number of Topliss-reactive ketones (excluding diaryl/α,β-unsaturated/α-hetero) is 2. The van der Waals surface area contributed by atoms with Crippen LogP contribution in [0.2, 0.25) is 36.3 Å². The summed E-state index contributed by atoms with van der Waals surface area (Å²) >= 11 is 0. The number of esters is 1. The van der Waals surface area contributed by atoms with Gasteiger partial charge in [-0.2, -0.15) is 0 Å². The van der Waals surface area contributed by atoms with Crippen molar-refractivity contribution in [2.24, 2.45) is 17.3 Å². The van der Waals surface area contributed by atoms with Crippen molar-refractivity contribution in [2.45, 2.75) is 181 Å². The van der Waals surface area contributed by atoms with E-state index in [2.05, 4.69) is 55.4 Å². The zero-order valence-corrected chi connectivity index (χ0v) is 31.6. The Hall–Kier alpha value is -0.876. The van der Waals surface area contributed by atoms with E-state index in [4.69, 9.17) is 18.3 Å². The van der Waals surface area contributed by atoms with Gasteiger partial charge in [0, 0.05) is 17.8 Å². The average molecular weight is 641 g/mol. The largest absolute Gasteiger partial charge is 0.454 e. The Bertz CT molecular complexity index is 928. The lowest BCUT2D eigenvalue weighted by Crippen LogP contribution is -2.53. The Balaban J connectivity index is 2.59. The van der Waals surface area contributed by atoms with Crippen molar-refractivity contribution >= 4 is 34.2 Å². The third-order valence-electron chi connectivity index (χ3n) is 11.4. The van der Waals surface area contributed by atoms with Gasteiger partial charge in [-0.15, -0.1) is 0 Å². The quantitative estimate of drug-likeness (QED) is 0.128. The van der Waals surface area contributed by atoms with Crippen LogP contribution in [0.3, 0.4) is 0 Å². The van der Waals surface area contributed by atoms with Crippen LogP contribution in [0.15, 0.2) is 0 Å². The molecule has 0 amide bonds. The summed E-state index contributed by atoms with van der Waals surface area (Å²) in [5.74, 6) is -0.771. The Kier molecular flexibility index (Phi) is 13.9. The van der Waals surface area contributed by atoms with Crippen molar-refractivity contribution in [3.05, 3.63) is 0 Å². The van der Waals surface area contributed by atoms with Crippen LogP contribution in [0, 0.1) is 17.3 Å². The van der Waals surface area contributed by atoms with Gasteiger partial charge in [0.1, 0.15) is 5.78 Å². The molecule has 43 heavy (non-hydrogen) atoms. The number of carbonyl (C=O) groups is 3. The predicted molar refractivity (Wildman–Crippen MR) is 178 cm³/mol. The van der Waals surface area contributed by atoms with Crippen LogP contribution in [0.5, 0.6) is 0 Å². The predicted octanol–water partition coefficient (Wildman–Crippen LogP) is 8.26. The highest BCUT2D eigenvalue weighted by atomic mass is 28.4. The molecule has 0 saturated carbocycles. The first-order valence-corrected chi connectivity index (χ1v) is 22.4. The van der Waals surface area contributed by atoms with Gasteiger partial charge in [-0.25, -0.2) is 0 Å². The lowest BCUT2D eigenvalue weighted by Gasteiger charge is -2.44. The summed E-state index contributed by atoms with van der Waals surface area (Å²) in [6, 6.07) is 5.77. The molecule has 2 aliphatic heterocycles. The fourth-order valence-electron chi connectivity index (χ4n) is 7.24. The Labute approximate surface area is 265 Å². The number of ketones is 2. The SMILES string of the molecule is CC[Si](CC)(CC)O[C@H]1[C@@H](C)CCC[C@@]2(C)O[C@H]2C[C@@H](C(C)=O)OC(=O)C[C@H](O[Si](CC)(CC)CC)C(C)(C)C(=O)[C@@H]1C. The molecule has 7 nitrogen and oxygen atoms in total. The highest BCUT2D eigenvalue weighted by molar-refractivity contribution is 6.74. The molecule has 0 unspecified atom stereocenters. The lowest BCUT2D eigenvalue weighted by atomic mass is 9.73. The molecule has 9 heteroatoms. The molecule has 2 rings (SSSR count). The molecule has 2 saturated heterocycles. The van der Waals surface area contributed by atoms with Gasteiger partial charge in [0.25, 0.3) is 0 Å². The van der Waals surface area contributed by atoms with Crippen molar-refractivity contribution in [1.29, 1.82) is 0 Å². The van der Waals surface area contributed by atoms with Crippen molar-refractivity contribution < 1.29 is 32.7 Å². The minimum Gasteiger partial charge on any atom is -0.454 e. The van der Waals surface area contributed by atoms with E-state index in [1.807, 2.05) is 20.8 Å². The van der Waals surface area contributed by atoms with Crippen LogP contribution in [0.25, 0.3) is 0 Å². The number of ether oxygens (including phenoxy) is 2. The summed E-state index contributed by atoms with van der Waals surface area (Å²) in [4.78, 5) is 40.8. The van der Waals surface area contributed by atoms with Crippen LogP contribution in [-0.2, 0) is 32.7 Å². The zero-order valence-electron chi connectivity index (χ0n) is 29.6. The summed E-state index contributed by atoms with van der Waals surface area (Å²) in [6.07, 6.45) is 1.19. The maximum absolute atomic E-state index is 14.7. The van der Waals surface area contributed by atoms with Gasteiger partial charge in [0.05, 0.1) is 30.3 Å². The highest BCUT2D eigenvalue weighted by Crippen LogP contribution is 2.45. The molecule has 0 aliphatic carbocycles. The summed E-state index contributed by atoms with van der Waals surface area (Å²) in [7, 11) is -4.23. The maximum atomic E-state index is 14.7. The van der Waals surface area contributed by atoms with Crippen molar-refractivity contribution in [3.63, 3.8) is 0 Å². The van der Waals surface area contributed by atoms with Gasteiger partial charge in [0.15, 0.2) is 28.5 Å². The first-order chi connectivity index (χ1) is 20.0. The second kappa shape index (κ2) is 15.6. The van der Waals surface area contributed by atoms with Gasteiger partial charge < -0.3 is 18.3 Å². The fourth-order valence-corrected chi connectivity index (χ4v) is 13.2. The number of carbonyl (C=O) groups excluding carboxylic acids is 3. The highest BCUT2D eigenvalue weighted by Gasteiger charge is 2.54. The van der Waals surface area contributed by atoms with Crippen LogP contribution >= 0.6 is 0 Å². The number of fused-ring (bicyclic) bond motifs is 1. The summed E-state index contributed by atoms with van der Waals surface area (Å²) in [5.41, 5.74) is -1.28. The second-order valence-corrected chi connectivity index (χ2v) is 23.8.